The van der Waals surface area contributed by atoms with Crippen LogP contribution in [0.5, 0.6) is 0 Å². The number of likely N-dealkylation sites (tertiary alicyclic amines) is 1. The Kier molecular flexibility index (Phi) is 2.57. The molecule has 2 nitrogen and oxygen atoms in total. The van der Waals surface area contributed by atoms with Crippen LogP contribution in [0, 0.1) is 17.8 Å². The van der Waals surface area contributed by atoms with Gasteiger partial charge in [-0.1, -0.05) is 12.2 Å². The largest absolute Gasteiger partial charge is 0.312 e. The summed E-state index contributed by atoms with van der Waals surface area (Å²) in [6, 6.07) is 0.762. The van der Waals surface area contributed by atoms with Gasteiger partial charge in [-0.15, -0.1) is 0 Å². The molecule has 4 unspecified atom stereocenters. The van der Waals surface area contributed by atoms with E-state index < -0.39 is 0 Å². The first-order valence-corrected chi connectivity index (χ1v) is 6.41. The summed E-state index contributed by atoms with van der Waals surface area (Å²) in [5.74, 6) is 2.76. The van der Waals surface area contributed by atoms with Crippen molar-refractivity contribution in [3.8, 4) is 0 Å². The van der Waals surface area contributed by atoms with Crippen LogP contribution in [0.4, 0.5) is 0 Å². The van der Waals surface area contributed by atoms with Gasteiger partial charge in [0.15, 0.2) is 0 Å². The van der Waals surface area contributed by atoms with Gasteiger partial charge in [0.25, 0.3) is 0 Å². The van der Waals surface area contributed by atoms with Crippen LogP contribution in [-0.2, 0) is 0 Å². The Morgan fingerprint density at radius 2 is 2.27 bits per heavy atom. The van der Waals surface area contributed by atoms with E-state index in [2.05, 4.69) is 29.4 Å². The van der Waals surface area contributed by atoms with Gasteiger partial charge in [0.1, 0.15) is 0 Å². The summed E-state index contributed by atoms with van der Waals surface area (Å²) in [7, 11) is 2.22. The van der Waals surface area contributed by atoms with Crippen LogP contribution in [0.15, 0.2) is 12.2 Å². The molecule has 1 saturated heterocycles. The molecular weight excluding hydrogens is 184 g/mol. The van der Waals surface area contributed by atoms with Crippen molar-refractivity contribution >= 4 is 0 Å². The zero-order valence-electron chi connectivity index (χ0n) is 9.65. The fraction of sp³-hybridized carbons (Fsp3) is 0.846. The van der Waals surface area contributed by atoms with Gasteiger partial charge in [-0.05, 0) is 57.2 Å². The van der Waals surface area contributed by atoms with Crippen molar-refractivity contribution in [2.75, 3.05) is 26.7 Å². The van der Waals surface area contributed by atoms with E-state index >= 15 is 0 Å². The summed E-state index contributed by atoms with van der Waals surface area (Å²) in [5.41, 5.74) is 0. The first-order chi connectivity index (χ1) is 7.31. The Labute approximate surface area is 92.7 Å². The van der Waals surface area contributed by atoms with Gasteiger partial charge < -0.3 is 10.2 Å². The van der Waals surface area contributed by atoms with Crippen LogP contribution >= 0.6 is 0 Å². The quantitative estimate of drug-likeness (QED) is 0.704. The molecule has 2 bridgehead atoms. The molecule has 0 spiro atoms. The monoisotopic (exact) mass is 206 g/mol. The smallest absolute Gasteiger partial charge is 0.0207 e. The van der Waals surface area contributed by atoms with Crippen LogP contribution in [0.3, 0.4) is 0 Å². The fourth-order valence-electron chi connectivity index (χ4n) is 3.55. The third-order valence-corrected chi connectivity index (χ3v) is 4.48. The predicted molar refractivity (Wildman–Crippen MR) is 62.7 cm³/mol. The third-order valence-electron chi connectivity index (χ3n) is 4.48. The standard InChI is InChI=1S/C13H22N2/c1-15-5-4-13(9-15)14-8-12-7-10-2-3-11(12)6-10/h2-3,10-14H,4-9H2,1H3. The summed E-state index contributed by atoms with van der Waals surface area (Å²) in [4.78, 5) is 2.43. The minimum Gasteiger partial charge on any atom is -0.312 e. The van der Waals surface area contributed by atoms with Crippen molar-refractivity contribution in [3.63, 3.8) is 0 Å². The Hall–Kier alpha value is -0.340. The van der Waals surface area contributed by atoms with Gasteiger partial charge in [0.05, 0.1) is 0 Å². The van der Waals surface area contributed by atoms with E-state index in [1.807, 2.05) is 0 Å². The highest BCUT2D eigenvalue weighted by Gasteiger charge is 2.35. The van der Waals surface area contributed by atoms with E-state index in [0.29, 0.717) is 0 Å². The maximum atomic E-state index is 3.76. The molecule has 2 aliphatic carbocycles. The van der Waals surface area contributed by atoms with Crippen LogP contribution in [0.2, 0.25) is 0 Å². The molecule has 1 N–H and O–H groups in total. The lowest BCUT2D eigenvalue weighted by atomic mass is 9.93. The van der Waals surface area contributed by atoms with Gasteiger partial charge in [0, 0.05) is 12.6 Å². The summed E-state index contributed by atoms with van der Waals surface area (Å²) >= 11 is 0. The van der Waals surface area contributed by atoms with Crippen molar-refractivity contribution in [2.24, 2.45) is 17.8 Å². The minimum absolute atomic E-state index is 0.762. The van der Waals surface area contributed by atoms with Gasteiger partial charge in [0.2, 0.25) is 0 Å². The molecule has 0 aromatic heterocycles. The average molecular weight is 206 g/mol. The summed E-state index contributed by atoms with van der Waals surface area (Å²) in [5, 5.41) is 3.76. The van der Waals surface area contributed by atoms with Crippen molar-refractivity contribution in [2.45, 2.75) is 25.3 Å². The highest BCUT2D eigenvalue weighted by molar-refractivity contribution is 5.10. The molecule has 4 atom stereocenters. The number of nitrogens with zero attached hydrogens (tertiary/aromatic N) is 1. The zero-order chi connectivity index (χ0) is 10.3. The van der Waals surface area contributed by atoms with Crippen LogP contribution in [0.25, 0.3) is 0 Å². The second-order valence-electron chi connectivity index (χ2n) is 5.70. The SMILES string of the molecule is CN1CCC(NCC2CC3C=CC2C3)C1. The number of likely N-dealkylation sites (N-methyl/N-ethyl adjacent to an activating group) is 1. The van der Waals surface area contributed by atoms with Crippen molar-refractivity contribution in [1.29, 1.82) is 0 Å². The maximum absolute atomic E-state index is 3.76. The number of hydrogen-bond donors (Lipinski definition) is 1. The summed E-state index contributed by atoms with van der Waals surface area (Å²) < 4.78 is 0. The van der Waals surface area contributed by atoms with Crippen molar-refractivity contribution in [1.82, 2.24) is 10.2 Å². The van der Waals surface area contributed by atoms with E-state index in [0.717, 1.165) is 23.8 Å². The molecule has 0 amide bonds. The van der Waals surface area contributed by atoms with Crippen LogP contribution in [-0.4, -0.2) is 37.6 Å². The van der Waals surface area contributed by atoms with E-state index in [9.17, 15) is 0 Å². The second kappa shape index (κ2) is 3.91. The number of rotatable bonds is 3. The Balaban J connectivity index is 1.45. The van der Waals surface area contributed by atoms with Gasteiger partial charge in [-0.25, -0.2) is 0 Å². The zero-order valence-corrected chi connectivity index (χ0v) is 9.65. The van der Waals surface area contributed by atoms with E-state index in [1.54, 1.807) is 0 Å². The molecule has 15 heavy (non-hydrogen) atoms. The molecule has 0 radical (unpaired) electrons. The molecule has 3 aliphatic rings. The highest BCUT2D eigenvalue weighted by atomic mass is 15.2. The molecule has 0 aromatic carbocycles. The Morgan fingerprint density at radius 1 is 1.33 bits per heavy atom. The number of fused-ring (bicyclic) bond motifs is 2. The average Bonchev–Trinajstić information content (AvgIpc) is 2.90. The summed E-state index contributed by atoms with van der Waals surface area (Å²) in [6.45, 7) is 3.77. The molecule has 0 aromatic rings. The maximum Gasteiger partial charge on any atom is 0.0207 e. The first kappa shape index (κ1) is 9.86. The third kappa shape index (κ3) is 1.98. The molecule has 1 aliphatic heterocycles. The number of allylic oxidation sites excluding steroid dienone is 2. The van der Waals surface area contributed by atoms with Crippen LogP contribution < -0.4 is 5.32 Å². The Morgan fingerprint density at radius 3 is 2.87 bits per heavy atom. The van der Waals surface area contributed by atoms with Crippen molar-refractivity contribution in [3.05, 3.63) is 12.2 Å². The minimum atomic E-state index is 0.762. The fourth-order valence-corrected chi connectivity index (χ4v) is 3.55. The molecular formula is C13H22N2. The lowest BCUT2D eigenvalue weighted by molar-refractivity contribution is 0.364. The molecule has 2 fully saturated rings. The lowest BCUT2D eigenvalue weighted by Crippen LogP contribution is -2.36. The lowest BCUT2D eigenvalue weighted by Gasteiger charge is -2.21. The van der Waals surface area contributed by atoms with Crippen LogP contribution in [0.1, 0.15) is 19.3 Å². The molecule has 84 valence electrons. The number of hydrogen-bond acceptors (Lipinski definition) is 2. The topological polar surface area (TPSA) is 15.3 Å². The molecule has 2 heteroatoms. The van der Waals surface area contributed by atoms with Gasteiger partial charge in [-0.3, -0.25) is 0 Å². The van der Waals surface area contributed by atoms with E-state index in [-0.39, 0.29) is 0 Å². The van der Waals surface area contributed by atoms with E-state index in [4.69, 9.17) is 0 Å². The first-order valence-electron chi connectivity index (χ1n) is 6.41. The van der Waals surface area contributed by atoms with Crippen molar-refractivity contribution < 1.29 is 0 Å². The van der Waals surface area contributed by atoms with E-state index in [1.165, 1.54) is 38.9 Å². The highest BCUT2D eigenvalue weighted by Crippen LogP contribution is 2.43. The summed E-state index contributed by atoms with van der Waals surface area (Å²) in [6.07, 6.45) is 9.12. The molecule has 1 saturated carbocycles. The normalized spacial score (nSPS) is 44.3. The second-order valence-corrected chi connectivity index (χ2v) is 5.70. The number of nitrogens with one attached hydrogen (secondary N) is 1. The molecule has 3 rings (SSSR count). The van der Waals surface area contributed by atoms with Gasteiger partial charge in [-0.2, -0.15) is 0 Å². The molecule has 1 heterocycles. The Bertz CT molecular complexity index is 261. The van der Waals surface area contributed by atoms with Gasteiger partial charge >= 0.3 is 0 Å². The predicted octanol–water partition coefficient (Wildman–Crippen LogP) is 1.49.